The van der Waals surface area contributed by atoms with Crippen LogP contribution in [0.3, 0.4) is 0 Å². The zero-order valence-electron chi connectivity index (χ0n) is 30.1. The van der Waals surface area contributed by atoms with Crippen molar-refractivity contribution in [3.8, 4) is 0 Å². The van der Waals surface area contributed by atoms with Crippen LogP contribution in [0.4, 0.5) is 15.3 Å². The fourth-order valence-electron chi connectivity index (χ4n) is 6.06. The van der Waals surface area contributed by atoms with Gasteiger partial charge in [0.25, 0.3) is 5.56 Å². The Labute approximate surface area is 319 Å². The normalized spacial score (nSPS) is 15.0. The number of amides is 3. The summed E-state index contributed by atoms with van der Waals surface area (Å²) >= 11 is 0. The number of ether oxygens (including phenoxy) is 2. The first-order chi connectivity index (χ1) is 26.6. The number of anilines is 1. The third kappa shape index (κ3) is 13.1. The van der Waals surface area contributed by atoms with E-state index >= 15 is 0 Å². The number of nitrogens with zero attached hydrogens (tertiary/aromatic N) is 3. The zero-order valence-corrected chi connectivity index (χ0v) is 30.9. The number of likely N-dealkylation sites (tertiary alicyclic amines) is 1. The Morgan fingerprint density at radius 2 is 1.47 bits per heavy atom. The van der Waals surface area contributed by atoms with Gasteiger partial charge in [-0.15, -0.1) is 4.99 Å². The molecule has 1 aliphatic heterocycles. The molecule has 5 rings (SSSR count). The SMILES string of the molecule is O=C(Cn1cccc(NS(=O)(=O)Cc2ccccc2)c1=O)N[C@H](CO)CC1CCCN(C(=NC(=O)OCc2ccccc2)NC(=O)OCc2ccccc2)C1. The maximum absolute atomic E-state index is 13.1. The minimum atomic E-state index is -3.91. The second kappa shape index (κ2) is 19.9. The van der Waals surface area contributed by atoms with Crippen LogP contribution in [0.1, 0.15) is 36.0 Å². The van der Waals surface area contributed by atoms with Crippen molar-refractivity contribution < 1.29 is 37.4 Å². The van der Waals surface area contributed by atoms with Gasteiger partial charge in [0, 0.05) is 19.3 Å². The Bertz CT molecular complexity index is 2080. The number of rotatable bonds is 14. The number of pyridine rings is 1. The van der Waals surface area contributed by atoms with Gasteiger partial charge in [0.2, 0.25) is 21.9 Å². The fourth-order valence-corrected chi connectivity index (χ4v) is 7.26. The van der Waals surface area contributed by atoms with Crippen LogP contribution in [-0.2, 0) is 49.8 Å². The van der Waals surface area contributed by atoms with E-state index in [2.05, 4.69) is 20.3 Å². The van der Waals surface area contributed by atoms with Crippen molar-refractivity contribution in [1.82, 2.24) is 20.1 Å². The smallest absolute Gasteiger partial charge is 0.437 e. The van der Waals surface area contributed by atoms with E-state index in [9.17, 15) is 32.7 Å². The maximum Gasteiger partial charge on any atom is 0.437 e. The highest BCUT2D eigenvalue weighted by atomic mass is 32.2. The van der Waals surface area contributed by atoms with Gasteiger partial charge in [-0.3, -0.25) is 19.6 Å². The Kier molecular flexibility index (Phi) is 14.5. The number of hydrogen-bond acceptors (Lipinski definition) is 9. The number of carbonyl (C=O) groups is 3. The summed E-state index contributed by atoms with van der Waals surface area (Å²) < 4.78 is 39.6. The molecule has 4 N–H and O–H groups in total. The molecule has 2 atom stereocenters. The van der Waals surface area contributed by atoms with E-state index < -0.39 is 52.9 Å². The van der Waals surface area contributed by atoms with E-state index in [0.717, 1.165) is 22.1 Å². The molecule has 0 spiro atoms. The number of hydrogen-bond donors (Lipinski definition) is 4. The highest BCUT2D eigenvalue weighted by Crippen LogP contribution is 2.22. The van der Waals surface area contributed by atoms with E-state index in [1.165, 1.54) is 18.3 Å². The average molecular weight is 773 g/mol. The third-order valence-corrected chi connectivity index (χ3v) is 9.89. The standard InChI is InChI=1S/C39H44N6O9S/c46-25-33(40-35(47)24-44-20-11-19-34(36(44)48)43-55(51,52)28-31-16-8-3-9-17-31)22-32-18-10-21-45(23-32)37(41-38(49)53-26-29-12-4-1-5-13-29)42-39(50)54-27-30-14-6-2-7-15-30/h1-9,11-17,19-20,32-33,43,46H,10,18,21-28H2,(H,40,47)(H,41,42,49,50)/t32?,33-/m0/s1. The van der Waals surface area contributed by atoms with Crippen LogP contribution in [0.5, 0.6) is 0 Å². The van der Waals surface area contributed by atoms with Crippen molar-refractivity contribution in [3.63, 3.8) is 0 Å². The molecule has 3 aromatic carbocycles. The number of benzene rings is 3. The molecule has 0 radical (unpaired) electrons. The quantitative estimate of drug-likeness (QED) is 0.107. The van der Waals surface area contributed by atoms with E-state index in [4.69, 9.17) is 9.47 Å². The van der Waals surface area contributed by atoms with Crippen molar-refractivity contribution in [2.75, 3.05) is 24.4 Å². The lowest BCUT2D eigenvalue weighted by Gasteiger charge is -2.35. The lowest BCUT2D eigenvalue weighted by molar-refractivity contribution is -0.122. The van der Waals surface area contributed by atoms with Gasteiger partial charge in [-0.05, 0) is 54.0 Å². The molecule has 4 aromatic rings. The number of piperidine rings is 1. The molecular formula is C39H44N6O9S. The van der Waals surface area contributed by atoms with E-state index in [1.54, 1.807) is 47.4 Å². The number of aliphatic imine (C=N–C) groups is 1. The summed E-state index contributed by atoms with van der Waals surface area (Å²) in [5.74, 6) is -1.06. The van der Waals surface area contributed by atoms with Crippen molar-refractivity contribution in [3.05, 3.63) is 136 Å². The van der Waals surface area contributed by atoms with Gasteiger partial charge in [-0.1, -0.05) is 91.0 Å². The van der Waals surface area contributed by atoms with Crippen LogP contribution in [0.2, 0.25) is 0 Å². The van der Waals surface area contributed by atoms with Gasteiger partial charge in [0.05, 0.1) is 18.4 Å². The Morgan fingerprint density at radius 1 is 0.855 bits per heavy atom. The Morgan fingerprint density at radius 3 is 2.11 bits per heavy atom. The maximum atomic E-state index is 13.1. The summed E-state index contributed by atoms with van der Waals surface area (Å²) in [6.45, 7) is -0.0645. The van der Waals surface area contributed by atoms with Crippen molar-refractivity contribution in [1.29, 1.82) is 0 Å². The molecule has 1 aromatic heterocycles. The van der Waals surface area contributed by atoms with E-state index in [0.29, 0.717) is 31.5 Å². The molecular weight excluding hydrogens is 729 g/mol. The molecule has 290 valence electrons. The molecule has 0 saturated carbocycles. The van der Waals surface area contributed by atoms with Crippen molar-refractivity contribution >= 4 is 39.8 Å². The zero-order chi connectivity index (χ0) is 39.0. The number of aliphatic hydroxyl groups is 1. The van der Waals surface area contributed by atoms with Crippen LogP contribution in [0, 0.1) is 5.92 Å². The first kappa shape index (κ1) is 40.2. The van der Waals surface area contributed by atoms with Gasteiger partial charge in [0.1, 0.15) is 25.4 Å². The number of sulfonamides is 1. The molecule has 1 unspecified atom stereocenters. The molecule has 15 nitrogen and oxygen atoms in total. The second-order valence-corrected chi connectivity index (χ2v) is 14.7. The number of guanidine groups is 1. The average Bonchev–Trinajstić information content (AvgIpc) is 3.18. The molecule has 3 amide bonds. The summed E-state index contributed by atoms with van der Waals surface area (Å²) in [6, 6.07) is 28.8. The summed E-state index contributed by atoms with van der Waals surface area (Å²) in [6.07, 6.45) is 1.35. The van der Waals surface area contributed by atoms with Crippen LogP contribution < -0.4 is 20.9 Å². The highest BCUT2D eigenvalue weighted by Gasteiger charge is 2.28. The summed E-state index contributed by atoms with van der Waals surface area (Å²) in [7, 11) is -3.91. The molecule has 1 saturated heterocycles. The summed E-state index contributed by atoms with van der Waals surface area (Å²) in [5, 5.41) is 15.6. The largest absolute Gasteiger partial charge is 0.444 e. The second-order valence-electron chi connectivity index (χ2n) is 13.0. The van der Waals surface area contributed by atoms with Crippen molar-refractivity contribution in [2.45, 2.75) is 50.8 Å². The van der Waals surface area contributed by atoms with Gasteiger partial charge in [-0.2, -0.15) is 0 Å². The van der Waals surface area contributed by atoms with Crippen LogP contribution in [0.25, 0.3) is 0 Å². The minimum Gasteiger partial charge on any atom is -0.444 e. The molecule has 16 heteroatoms. The molecule has 2 heterocycles. The number of carbonyl (C=O) groups excluding carboxylic acids is 3. The number of alkyl carbamates (subject to hydrolysis) is 1. The summed E-state index contributed by atoms with van der Waals surface area (Å²) in [4.78, 5) is 57.7. The van der Waals surface area contributed by atoms with Gasteiger partial charge >= 0.3 is 12.2 Å². The summed E-state index contributed by atoms with van der Waals surface area (Å²) in [5.41, 5.74) is 1.17. The Hall–Kier alpha value is -6.00. The molecule has 0 bridgehead atoms. The van der Waals surface area contributed by atoms with Crippen molar-refractivity contribution in [2.24, 2.45) is 10.9 Å². The minimum absolute atomic E-state index is 0.000796. The van der Waals surface area contributed by atoms with Gasteiger partial charge in [0.15, 0.2) is 0 Å². The van der Waals surface area contributed by atoms with E-state index in [1.807, 2.05) is 48.5 Å². The lowest BCUT2D eigenvalue weighted by Crippen LogP contribution is -2.50. The lowest BCUT2D eigenvalue weighted by atomic mass is 9.91. The topological polar surface area (TPSA) is 198 Å². The highest BCUT2D eigenvalue weighted by molar-refractivity contribution is 7.91. The number of nitrogens with one attached hydrogen (secondary N) is 3. The predicted molar refractivity (Wildman–Crippen MR) is 205 cm³/mol. The Balaban J connectivity index is 1.19. The fraction of sp³-hybridized carbons (Fsp3) is 0.308. The molecule has 0 aliphatic carbocycles. The van der Waals surface area contributed by atoms with E-state index in [-0.39, 0.29) is 36.5 Å². The molecule has 1 aliphatic rings. The predicted octanol–water partition coefficient (Wildman–Crippen LogP) is 3.99. The third-order valence-electron chi connectivity index (χ3n) is 8.65. The van der Waals surface area contributed by atoms with Gasteiger partial charge in [-0.25, -0.2) is 18.0 Å². The first-order valence-electron chi connectivity index (χ1n) is 17.7. The number of aliphatic hydroxyl groups excluding tert-OH is 1. The monoisotopic (exact) mass is 772 g/mol. The number of aromatic nitrogens is 1. The van der Waals surface area contributed by atoms with Crippen LogP contribution in [0.15, 0.2) is 119 Å². The van der Waals surface area contributed by atoms with Gasteiger partial charge < -0.3 is 29.4 Å². The van der Waals surface area contributed by atoms with Crippen LogP contribution in [-0.4, -0.2) is 72.8 Å². The first-order valence-corrected chi connectivity index (χ1v) is 19.4. The van der Waals surface area contributed by atoms with Crippen LogP contribution >= 0.6 is 0 Å². The molecule has 55 heavy (non-hydrogen) atoms. The molecule has 1 fully saturated rings.